The minimum atomic E-state index is -3.40. The molecule has 0 saturated carbocycles. The van der Waals surface area contributed by atoms with E-state index in [2.05, 4.69) is 5.32 Å². The predicted octanol–water partition coefficient (Wildman–Crippen LogP) is 0.292. The monoisotopic (exact) mass is 299 g/mol. The second-order valence-electron chi connectivity index (χ2n) is 4.60. The first-order valence-electron chi connectivity index (χ1n) is 6.36. The van der Waals surface area contributed by atoms with Crippen LogP contribution in [0.2, 0.25) is 0 Å². The van der Waals surface area contributed by atoms with Crippen LogP contribution in [0.5, 0.6) is 0 Å². The van der Waals surface area contributed by atoms with Crippen LogP contribution in [-0.2, 0) is 21.4 Å². The average molecular weight is 299 g/mol. The molecule has 1 rings (SSSR count). The molecule has 0 radical (unpaired) electrons. The van der Waals surface area contributed by atoms with Gasteiger partial charge in [-0.25, -0.2) is 12.7 Å². The molecule has 0 bridgehead atoms. The van der Waals surface area contributed by atoms with Crippen molar-refractivity contribution in [3.63, 3.8) is 0 Å². The third-order valence-corrected chi connectivity index (χ3v) is 4.63. The fourth-order valence-corrected chi connectivity index (χ4v) is 2.44. The van der Waals surface area contributed by atoms with Gasteiger partial charge in [0.2, 0.25) is 15.9 Å². The Hall–Kier alpha value is -1.44. The van der Waals surface area contributed by atoms with Gasteiger partial charge >= 0.3 is 0 Å². The lowest BCUT2D eigenvalue weighted by Crippen LogP contribution is -2.24. The number of sulfonamides is 1. The summed E-state index contributed by atoms with van der Waals surface area (Å²) in [6.07, 6.45) is 1.06. The van der Waals surface area contributed by atoms with Gasteiger partial charge in [-0.3, -0.25) is 4.79 Å². The third-order valence-electron chi connectivity index (χ3n) is 2.80. The van der Waals surface area contributed by atoms with Gasteiger partial charge in [-0.2, -0.15) is 0 Å². The van der Waals surface area contributed by atoms with Crippen molar-refractivity contribution in [3.05, 3.63) is 29.8 Å². The van der Waals surface area contributed by atoms with E-state index in [0.717, 1.165) is 9.87 Å². The van der Waals surface area contributed by atoms with E-state index in [1.807, 2.05) is 0 Å². The first-order valence-corrected chi connectivity index (χ1v) is 7.80. The molecule has 6 nitrogen and oxygen atoms in total. The Balaban J connectivity index is 2.62. The quantitative estimate of drug-likeness (QED) is 0.757. The lowest BCUT2D eigenvalue weighted by molar-refractivity contribution is -0.121. The molecule has 7 heteroatoms. The smallest absolute Gasteiger partial charge is 0.242 e. The maximum absolute atomic E-state index is 11.9. The Kier molecular flexibility index (Phi) is 6.12. The summed E-state index contributed by atoms with van der Waals surface area (Å²) in [6.45, 7) is 0.871. The van der Waals surface area contributed by atoms with Gasteiger partial charge in [0, 0.05) is 27.1 Å². The highest BCUT2D eigenvalue weighted by atomic mass is 32.2. The normalized spacial score (nSPS) is 11.6. The molecule has 0 unspecified atom stereocenters. The number of nitrogens with one attached hydrogen (secondary N) is 1. The summed E-state index contributed by atoms with van der Waals surface area (Å²) in [7, 11) is -0.431. The number of nitrogens with two attached hydrogens (primary N) is 1. The summed E-state index contributed by atoms with van der Waals surface area (Å²) in [5, 5.41) is 2.76. The van der Waals surface area contributed by atoms with Gasteiger partial charge in [0.1, 0.15) is 0 Å². The minimum absolute atomic E-state index is 0.0551. The number of benzene rings is 1. The van der Waals surface area contributed by atoms with E-state index in [0.29, 0.717) is 25.9 Å². The molecule has 0 saturated heterocycles. The molecule has 0 aliphatic carbocycles. The van der Waals surface area contributed by atoms with Crippen LogP contribution in [0.4, 0.5) is 0 Å². The van der Waals surface area contributed by atoms with Crippen molar-refractivity contribution in [3.8, 4) is 0 Å². The lowest BCUT2D eigenvalue weighted by Gasteiger charge is -2.11. The van der Waals surface area contributed by atoms with Crippen LogP contribution in [0.15, 0.2) is 29.2 Å². The third kappa shape index (κ3) is 4.59. The van der Waals surface area contributed by atoms with Gasteiger partial charge in [0.05, 0.1) is 4.90 Å². The second-order valence-corrected chi connectivity index (χ2v) is 6.75. The molecular weight excluding hydrogens is 278 g/mol. The molecule has 0 aliphatic rings. The van der Waals surface area contributed by atoms with Crippen LogP contribution in [0.3, 0.4) is 0 Å². The van der Waals surface area contributed by atoms with Gasteiger partial charge in [-0.1, -0.05) is 12.1 Å². The molecule has 0 spiro atoms. The highest BCUT2D eigenvalue weighted by Gasteiger charge is 2.16. The Morgan fingerprint density at radius 2 is 1.85 bits per heavy atom. The van der Waals surface area contributed by atoms with E-state index in [-0.39, 0.29) is 10.8 Å². The van der Waals surface area contributed by atoms with Gasteiger partial charge in [0.15, 0.2) is 0 Å². The fourth-order valence-electron chi connectivity index (χ4n) is 1.54. The molecule has 0 atom stereocenters. The SMILES string of the molecule is CN(C)S(=O)(=O)c1ccc(CNC(=O)CCCN)cc1. The van der Waals surface area contributed by atoms with Crippen LogP contribution in [0, 0.1) is 0 Å². The average Bonchev–Trinajstić information content (AvgIpc) is 2.43. The first-order chi connectivity index (χ1) is 9.37. The Bertz CT molecular complexity index is 538. The van der Waals surface area contributed by atoms with Crippen LogP contribution >= 0.6 is 0 Å². The van der Waals surface area contributed by atoms with E-state index in [4.69, 9.17) is 5.73 Å². The second kappa shape index (κ2) is 7.37. The number of carbonyl (C=O) groups is 1. The van der Waals surface area contributed by atoms with Crippen LogP contribution in [0.25, 0.3) is 0 Å². The fraction of sp³-hybridized carbons (Fsp3) is 0.462. The van der Waals surface area contributed by atoms with Gasteiger partial charge < -0.3 is 11.1 Å². The molecule has 0 aromatic heterocycles. The van der Waals surface area contributed by atoms with Crippen molar-refractivity contribution in [2.45, 2.75) is 24.3 Å². The van der Waals surface area contributed by atoms with Gasteiger partial charge in [-0.05, 0) is 30.7 Å². The van der Waals surface area contributed by atoms with Gasteiger partial charge in [-0.15, -0.1) is 0 Å². The van der Waals surface area contributed by atoms with E-state index in [9.17, 15) is 13.2 Å². The molecule has 112 valence electrons. The maximum Gasteiger partial charge on any atom is 0.242 e. The summed E-state index contributed by atoms with van der Waals surface area (Å²) >= 11 is 0. The molecule has 1 amide bonds. The number of rotatable bonds is 7. The van der Waals surface area contributed by atoms with Crippen molar-refractivity contribution in [1.82, 2.24) is 9.62 Å². The Morgan fingerprint density at radius 3 is 2.35 bits per heavy atom. The molecule has 0 aliphatic heterocycles. The summed E-state index contributed by atoms with van der Waals surface area (Å²) in [6, 6.07) is 6.46. The Morgan fingerprint density at radius 1 is 1.25 bits per heavy atom. The number of hydrogen-bond acceptors (Lipinski definition) is 4. The van der Waals surface area contributed by atoms with E-state index in [1.165, 1.54) is 26.2 Å². The summed E-state index contributed by atoms with van der Waals surface area (Å²) < 4.78 is 24.9. The van der Waals surface area contributed by atoms with Crippen molar-refractivity contribution in [2.75, 3.05) is 20.6 Å². The molecule has 1 aromatic carbocycles. The zero-order valence-corrected chi connectivity index (χ0v) is 12.6. The zero-order chi connectivity index (χ0) is 15.2. The van der Waals surface area contributed by atoms with E-state index in [1.54, 1.807) is 12.1 Å². The Labute approximate surface area is 120 Å². The van der Waals surface area contributed by atoms with E-state index < -0.39 is 10.0 Å². The van der Waals surface area contributed by atoms with Crippen molar-refractivity contribution < 1.29 is 13.2 Å². The topological polar surface area (TPSA) is 92.5 Å². The molecule has 20 heavy (non-hydrogen) atoms. The summed E-state index contributed by atoms with van der Waals surface area (Å²) in [5.41, 5.74) is 6.18. The lowest BCUT2D eigenvalue weighted by atomic mass is 10.2. The van der Waals surface area contributed by atoms with Gasteiger partial charge in [0.25, 0.3) is 0 Å². The minimum Gasteiger partial charge on any atom is -0.352 e. The van der Waals surface area contributed by atoms with Crippen molar-refractivity contribution >= 4 is 15.9 Å². The molecular formula is C13H21N3O3S. The zero-order valence-electron chi connectivity index (χ0n) is 11.8. The van der Waals surface area contributed by atoms with E-state index >= 15 is 0 Å². The molecule has 0 heterocycles. The van der Waals surface area contributed by atoms with Crippen LogP contribution in [-0.4, -0.2) is 39.3 Å². The highest BCUT2D eigenvalue weighted by molar-refractivity contribution is 7.89. The molecule has 3 N–H and O–H groups in total. The number of amides is 1. The molecule has 0 fully saturated rings. The number of nitrogens with zero attached hydrogens (tertiary/aromatic N) is 1. The highest BCUT2D eigenvalue weighted by Crippen LogP contribution is 2.13. The van der Waals surface area contributed by atoms with Crippen LogP contribution in [0.1, 0.15) is 18.4 Å². The molecule has 1 aromatic rings. The van der Waals surface area contributed by atoms with Crippen LogP contribution < -0.4 is 11.1 Å². The number of carbonyl (C=O) groups excluding carboxylic acids is 1. The predicted molar refractivity (Wildman–Crippen MR) is 77.4 cm³/mol. The first kappa shape index (κ1) is 16.6. The summed E-state index contributed by atoms with van der Waals surface area (Å²) in [4.78, 5) is 11.7. The number of hydrogen-bond donors (Lipinski definition) is 2. The maximum atomic E-state index is 11.9. The van der Waals surface area contributed by atoms with Crippen molar-refractivity contribution in [1.29, 1.82) is 0 Å². The summed E-state index contributed by atoms with van der Waals surface area (Å²) in [5.74, 6) is -0.0551. The largest absolute Gasteiger partial charge is 0.352 e. The standard InChI is InChI=1S/C13H21N3O3S/c1-16(2)20(18,19)12-7-5-11(6-8-12)10-15-13(17)4-3-9-14/h5-8H,3-4,9-10,14H2,1-2H3,(H,15,17). The van der Waals surface area contributed by atoms with Crippen molar-refractivity contribution in [2.24, 2.45) is 5.73 Å².